The number of para-hydroxylation sites is 1. The van der Waals surface area contributed by atoms with E-state index in [-0.39, 0.29) is 5.97 Å². The van der Waals surface area contributed by atoms with Crippen molar-refractivity contribution in [2.75, 3.05) is 25.0 Å². The first-order chi connectivity index (χ1) is 12.2. The molecule has 3 fully saturated rings. The predicted molar refractivity (Wildman–Crippen MR) is 97.5 cm³/mol. The standard InChI is InChI=1S/C21H25N2O2/c24-21(25-23-14-11-17(12-15-23)13-16-23)20(18-7-3-1-4-8-18)22-19-9-5-2-6-10-19/h1-10,17,20,22H,11-16H2/q+1/t17?,20-,23?/m1/s1. The molecule has 0 radical (unpaired) electrons. The summed E-state index contributed by atoms with van der Waals surface area (Å²) < 4.78 is 0.509. The maximum Gasteiger partial charge on any atom is 0.393 e. The van der Waals surface area contributed by atoms with Crippen molar-refractivity contribution in [1.29, 1.82) is 0 Å². The van der Waals surface area contributed by atoms with Crippen molar-refractivity contribution in [2.24, 2.45) is 5.92 Å². The zero-order valence-corrected chi connectivity index (χ0v) is 14.4. The van der Waals surface area contributed by atoms with E-state index in [1.807, 2.05) is 60.7 Å². The molecule has 4 heteroatoms. The molecule has 4 nitrogen and oxygen atoms in total. The molecule has 0 aromatic heterocycles. The van der Waals surface area contributed by atoms with Gasteiger partial charge in [-0.05, 0) is 23.6 Å². The molecular formula is C21H25N2O2+. The Morgan fingerprint density at radius 3 is 2.08 bits per heavy atom. The number of nitrogens with zero attached hydrogens (tertiary/aromatic N) is 1. The van der Waals surface area contributed by atoms with E-state index in [0.29, 0.717) is 4.65 Å². The second-order valence-corrected chi connectivity index (χ2v) is 7.23. The topological polar surface area (TPSA) is 38.3 Å². The lowest BCUT2D eigenvalue weighted by Crippen LogP contribution is -2.59. The van der Waals surface area contributed by atoms with Crippen LogP contribution in [0.4, 0.5) is 5.69 Å². The highest BCUT2D eigenvalue weighted by Gasteiger charge is 2.45. The normalized spacial score (nSPS) is 26.0. The molecule has 130 valence electrons. The number of hydrogen-bond donors (Lipinski definition) is 1. The summed E-state index contributed by atoms with van der Waals surface area (Å²) in [7, 11) is 0. The average Bonchev–Trinajstić information content (AvgIpc) is 2.68. The second kappa shape index (κ2) is 6.89. The fraction of sp³-hybridized carbons (Fsp3) is 0.381. The van der Waals surface area contributed by atoms with Gasteiger partial charge in [0.15, 0.2) is 6.04 Å². The van der Waals surface area contributed by atoms with Crippen molar-refractivity contribution in [2.45, 2.75) is 25.3 Å². The highest BCUT2D eigenvalue weighted by molar-refractivity contribution is 5.80. The molecule has 3 aliphatic heterocycles. The van der Waals surface area contributed by atoms with Crippen LogP contribution in [-0.2, 0) is 9.63 Å². The van der Waals surface area contributed by atoms with Crippen molar-refractivity contribution in [1.82, 2.24) is 0 Å². The Morgan fingerprint density at radius 2 is 1.48 bits per heavy atom. The van der Waals surface area contributed by atoms with Crippen LogP contribution >= 0.6 is 0 Å². The Balaban J connectivity index is 1.55. The molecule has 5 rings (SSSR count). The van der Waals surface area contributed by atoms with Crippen LogP contribution < -0.4 is 5.32 Å². The average molecular weight is 337 g/mol. The van der Waals surface area contributed by atoms with Crippen LogP contribution in [0.3, 0.4) is 0 Å². The molecule has 1 N–H and O–H groups in total. The van der Waals surface area contributed by atoms with Crippen LogP contribution in [0.5, 0.6) is 0 Å². The summed E-state index contributed by atoms with van der Waals surface area (Å²) in [6.07, 6.45) is 3.53. The Bertz CT molecular complexity index is 695. The number of benzene rings is 2. The van der Waals surface area contributed by atoms with Gasteiger partial charge < -0.3 is 5.32 Å². The molecule has 0 spiro atoms. The van der Waals surface area contributed by atoms with E-state index < -0.39 is 6.04 Å². The van der Waals surface area contributed by atoms with Crippen LogP contribution in [0.15, 0.2) is 60.7 Å². The van der Waals surface area contributed by atoms with Crippen LogP contribution in [-0.4, -0.2) is 30.2 Å². The first kappa shape index (κ1) is 16.2. The zero-order valence-electron chi connectivity index (χ0n) is 14.4. The highest BCUT2D eigenvalue weighted by Crippen LogP contribution is 2.35. The maximum absolute atomic E-state index is 13.1. The van der Waals surface area contributed by atoms with E-state index in [1.54, 1.807) is 0 Å². The lowest BCUT2D eigenvalue weighted by Gasteiger charge is -2.45. The Labute approximate surface area is 149 Å². The second-order valence-electron chi connectivity index (χ2n) is 7.23. The maximum atomic E-state index is 13.1. The number of quaternary nitrogens is 1. The third kappa shape index (κ3) is 3.54. The first-order valence-corrected chi connectivity index (χ1v) is 9.20. The number of anilines is 1. The first-order valence-electron chi connectivity index (χ1n) is 9.20. The fourth-order valence-electron chi connectivity index (χ4n) is 4.03. The smallest absolute Gasteiger partial charge is 0.368 e. The third-order valence-corrected chi connectivity index (χ3v) is 5.57. The summed E-state index contributed by atoms with van der Waals surface area (Å²) in [6.45, 7) is 2.88. The minimum Gasteiger partial charge on any atom is -0.368 e. The van der Waals surface area contributed by atoms with Crippen LogP contribution in [0.2, 0.25) is 0 Å². The van der Waals surface area contributed by atoms with Gasteiger partial charge in [-0.25, -0.2) is 4.79 Å². The molecule has 0 unspecified atom stereocenters. The molecule has 0 aliphatic carbocycles. The van der Waals surface area contributed by atoms with E-state index >= 15 is 0 Å². The van der Waals surface area contributed by atoms with Crippen LogP contribution in [0.1, 0.15) is 30.9 Å². The van der Waals surface area contributed by atoms with E-state index in [0.717, 1.165) is 36.8 Å². The van der Waals surface area contributed by atoms with Crippen LogP contribution in [0, 0.1) is 5.92 Å². The van der Waals surface area contributed by atoms with Gasteiger partial charge in [0, 0.05) is 24.9 Å². The van der Waals surface area contributed by atoms with Gasteiger partial charge in [0.25, 0.3) is 0 Å². The summed E-state index contributed by atoms with van der Waals surface area (Å²) in [4.78, 5) is 19.2. The predicted octanol–water partition coefficient (Wildman–Crippen LogP) is 3.93. The molecule has 0 saturated carbocycles. The summed E-state index contributed by atoms with van der Waals surface area (Å²) in [5.41, 5.74) is 1.85. The van der Waals surface area contributed by atoms with Crippen molar-refractivity contribution in [3.05, 3.63) is 66.2 Å². The highest BCUT2D eigenvalue weighted by atomic mass is 16.7. The molecule has 25 heavy (non-hydrogen) atoms. The summed E-state index contributed by atoms with van der Waals surface area (Å²) in [5.74, 6) is 0.654. The van der Waals surface area contributed by atoms with Gasteiger partial charge in [-0.3, -0.25) is 4.84 Å². The molecule has 0 amide bonds. The summed E-state index contributed by atoms with van der Waals surface area (Å²) >= 11 is 0. The largest absolute Gasteiger partial charge is 0.393 e. The summed E-state index contributed by atoms with van der Waals surface area (Å²) in [5, 5.41) is 3.35. The zero-order chi connectivity index (χ0) is 17.1. The molecule has 2 bridgehead atoms. The Morgan fingerprint density at radius 1 is 0.920 bits per heavy atom. The number of fused-ring (bicyclic) bond motifs is 3. The number of carbonyl (C=O) groups excluding carboxylic acids is 1. The van der Waals surface area contributed by atoms with Gasteiger partial charge in [-0.15, -0.1) is 4.65 Å². The number of nitrogens with one attached hydrogen (secondary N) is 1. The SMILES string of the molecule is O=C(O[N+]12CCC(CC1)CC2)[C@H](Nc1ccccc1)c1ccccc1. The van der Waals surface area contributed by atoms with Gasteiger partial charge in [-0.2, -0.15) is 0 Å². The Hall–Kier alpha value is -2.33. The lowest BCUT2D eigenvalue weighted by atomic mass is 9.88. The number of piperidine rings is 3. The van der Waals surface area contributed by atoms with E-state index in [1.165, 1.54) is 19.3 Å². The van der Waals surface area contributed by atoms with Gasteiger partial charge in [-0.1, -0.05) is 48.5 Å². The van der Waals surface area contributed by atoms with Gasteiger partial charge in [0.05, 0.1) is 0 Å². The molecule has 2 aromatic carbocycles. The molecule has 3 aliphatic rings. The third-order valence-electron chi connectivity index (χ3n) is 5.57. The molecular weight excluding hydrogens is 312 g/mol. The van der Waals surface area contributed by atoms with E-state index in [2.05, 4.69) is 5.32 Å². The number of hydroxylamine groups is 3. The van der Waals surface area contributed by atoms with Crippen LogP contribution in [0.25, 0.3) is 0 Å². The number of carbonyl (C=O) groups is 1. The van der Waals surface area contributed by atoms with Crippen molar-refractivity contribution < 1.29 is 14.3 Å². The van der Waals surface area contributed by atoms with Gasteiger partial charge >= 0.3 is 5.97 Å². The number of hydrogen-bond acceptors (Lipinski definition) is 3. The van der Waals surface area contributed by atoms with E-state index in [4.69, 9.17) is 4.84 Å². The van der Waals surface area contributed by atoms with Gasteiger partial charge in [0.1, 0.15) is 19.6 Å². The fourth-order valence-corrected chi connectivity index (χ4v) is 4.03. The van der Waals surface area contributed by atoms with Crippen molar-refractivity contribution in [3.63, 3.8) is 0 Å². The molecule has 1 atom stereocenters. The summed E-state index contributed by atoms with van der Waals surface area (Å²) in [6, 6.07) is 19.2. The Kier molecular flexibility index (Phi) is 4.45. The molecule has 3 saturated heterocycles. The quantitative estimate of drug-likeness (QED) is 0.840. The molecule has 3 heterocycles. The van der Waals surface area contributed by atoms with Crippen molar-refractivity contribution in [3.8, 4) is 0 Å². The lowest BCUT2D eigenvalue weighted by molar-refractivity contribution is -1.10. The monoisotopic (exact) mass is 337 g/mol. The molecule has 2 aromatic rings. The number of rotatable bonds is 5. The van der Waals surface area contributed by atoms with Gasteiger partial charge in [0.2, 0.25) is 0 Å². The minimum atomic E-state index is -0.490. The van der Waals surface area contributed by atoms with E-state index in [9.17, 15) is 4.79 Å². The van der Waals surface area contributed by atoms with Crippen molar-refractivity contribution >= 4 is 11.7 Å². The minimum absolute atomic E-state index is 0.185.